The molecule has 268 valence electrons. The molecular formula is C43H46N4O5. The van der Waals surface area contributed by atoms with E-state index in [1.54, 1.807) is 18.1 Å². The molecule has 9 heteroatoms. The van der Waals surface area contributed by atoms with Crippen molar-refractivity contribution < 1.29 is 23.8 Å². The number of methoxy groups -OCH3 is 1. The van der Waals surface area contributed by atoms with Crippen molar-refractivity contribution in [1.82, 2.24) is 9.80 Å². The van der Waals surface area contributed by atoms with E-state index in [-0.39, 0.29) is 18.0 Å². The van der Waals surface area contributed by atoms with E-state index in [0.717, 1.165) is 61.1 Å². The second-order valence-electron chi connectivity index (χ2n) is 14.0. The smallest absolute Gasteiger partial charge is 0.257 e. The molecule has 7 rings (SSSR count). The molecule has 0 bridgehead atoms. The highest BCUT2D eigenvalue weighted by Gasteiger charge is 2.33. The molecule has 9 nitrogen and oxygen atoms in total. The lowest BCUT2D eigenvalue weighted by molar-refractivity contribution is -0.119. The minimum atomic E-state index is -0.0922. The molecule has 3 aliphatic rings. The standard InChI is InChI=1S/C43H46N4O5/c1-28-12-13-32-19-36-24-45-39-22-42(41(50-4)20-37(39)43(49)47(36)26-34(32)16-28)52-15-9-5-8-14-51-40-21-38(29(2)17-30(40)3)44-23-35-18-31-10-6-7-11-33(31)25-46(35)27-48/h6-7,10-13,16-17,20-24,27,35-36H,5,8-9,14-15,18-19,25-26H2,1-4H3. The summed E-state index contributed by atoms with van der Waals surface area (Å²) >= 11 is 0. The lowest BCUT2D eigenvalue weighted by atomic mass is 9.93. The van der Waals surface area contributed by atoms with Gasteiger partial charge in [0.1, 0.15) is 5.75 Å². The van der Waals surface area contributed by atoms with Gasteiger partial charge in [0.25, 0.3) is 5.91 Å². The van der Waals surface area contributed by atoms with Crippen LogP contribution >= 0.6 is 0 Å². The zero-order valence-electron chi connectivity index (χ0n) is 30.4. The highest BCUT2D eigenvalue weighted by molar-refractivity contribution is 6.03. The predicted molar refractivity (Wildman–Crippen MR) is 204 cm³/mol. The third-order valence-electron chi connectivity index (χ3n) is 10.3. The average Bonchev–Trinajstić information content (AvgIpc) is 3.28. The molecule has 0 saturated heterocycles. The first-order valence-corrected chi connectivity index (χ1v) is 18.2. The first kappa shape index (κ1) is 35.0. The van der Waals surface area contributed by atoms with E-state index in [1.807, 2.05) is 55.4 Å². The molecule has 2 unspecified atom stereocenters. The second kappa shape index (κ2) is 15.4. The van der Waals surface area contributed by atoms with Gasteiger partial charge in [0, 0.05) is 37.7 Å². The summed E-state index contributed by atoms with van der Waals surface area (Å²) in [5, 5.41) is 0. The van der Waals surface area contributed by atoms with Gasteiger partial charge in [-0.05, 0) is 92.3 Å². The maximum Gasteiger partial charge on any atom is 0.257 e. The lowest BCUT2D eigenvalue weighted by Crippen LogP contribution is -2.44. The van der Waals surface area contributed by atoms with E-state index in [1.165, 1.54) is 27.8 Å². The van der Waals surface area contributed by atoms with Crippen molar-refractivity contribution in [2.45, 2.75) is 78.0 Å². The van der Waals surface area contributed by atoms with E-state index >= 15 is 0 Å². The molecule has 0 N–H and O–H groups in total. The molecule has 2 atom stereocenters. The topological polar surface area (TPSA) is 93.0 Å². The molecule has 2 amide bonds. The summed E-state index contributed by atoms with van der Waals surface area (Å²) in [5.41, 5.74) is 10.2. The van der Waals surface area contributed by atoms with Crippen molar-refractivity contribution in [3.8, 4) is 17.2 Å². The molecule has 4 aromatic carbocycles. The molecule has 4 aromatic rings. The molecular weight excluding hydrogens is 652 g/mol. The van der Waals surface area contributed by atoms with E-state index in [0.29, 0.717) is 49.1 Å². The second-order valence-corrected chi connectivity index (χ2v) is 14.0. The Labute approximate surface area is 305 Å². The van der Waals surface area contributed by atoms with Gasteiger partial charge in [-0.25, -0.2) is 0 Å². The molecule has 3 aliphatic heterocycles. The van der Waals surface area contributed by atoms with Gasteiger partial charge in [-0.3, -0.25) is 19.6 Å². The van der Waals surface area contributed by atoms with Gasteiger partial charge in [-0.2, -0.15) is 0 Å². The number of unbranched alkanes of at least 4 members (excludes halogenated alkanes) is 2. The number of aryl methyl sites for hydroxylation is 3. The van der Waals surface area contributed by atoms with E-state index in [2.05, 4.69) is 43.3 Å². The van der Waals surface area contributed by atoms with Crippen LogP contribution in [-0.4, -0.2) is 67.0 Å². The van der Waals surface area contributed by atoms with Crippen LogP contribution < -0.4 is 14.2 Å². The molecule has 0 saturated carbocycles. The SMILES string of the molecule is COc1cc2c(cc1OCCCCCOc1cc(N=CC3Cc4ccccc4CN3C=O)c(C)cc1C)N=CC1Cc3ccc(C)cc3CN1C2=O. The molecule has 0 radical (unpaired) electrons. The fourth-order valence-electron chi connectivity index (χ4n) is 7.36. The van der Waals surface area contributed by atoms with Crippen molar-refractivity contribution in [2.24, 2.45) is 9.98 Å². The van der Waals surface area contributed by atoms with E-state index in [4.69, 9.17) is 24.2 Å². The number of nitrogens with zero attached hydrogens (tertiary/aromatic N) is 4. The summed E-state index contributed by atoms with van der Waals surface area (Å²) in [4.78, 5) is 38.9. The van der Waals surface area contributed by atoms with Gasteiger partial charge < -0.3 is 24.0 Å². The first-order valence-electron chi connectivity index (χ1n) is 18.2. The molecule has 0 spiro atoms. The molecule has 0 aliphatic carbocycles. The third-order valence-corrected chi connectivity index (χ3v) is 10.3. The Morgan fingerprint density at radius 3 is 2.37 bits per heavy atom. The summed E-state index contributed by atoms with van der Waals surface area (Å²) in [7, 11) is 1.60. The van der Waals surface area contributed by atoms with Gasteiger partial charge >= 0.3 is 0 Å². The van der Waals surface area contributed by atoms with Gasteiger partial charge in [0.05, 0.1) is 49.3 Å². The minimum Gasteiger partial charge on any atom is -0.493 e. The van der Waals surface area contributed by atoms with Crippen LogP contribution in [-0.2, 0) is 30.7 Å². The zero-order valence-corrected chi connectivity index (χ0v) is 30.4. The molecule has 0 fully saturated rings. The molecule has 52 heavy (non-hydrogen) atoms. The third kappa shape index (κ3) is 7.45. The number of amides is 2. The monoisotopic (exact) mass is 698 g/mol. The zero-order chi connectivity index (χ0) is 36.2. The Morgan fingerprint density at radius 2 is 1.58 bits per heavy atom. The fraction of sp³-hybridized carbons (Fsp3) is 0.349. The summed E-state index contributed by atoms with van der Waals surface area (Å²) in [6, 6.07) is 22.2. The maximum atomic E-state index is 13.7. The Hall–Kier alpha value is -5.44. The Bertz CT molecular complexity index is 2040. The molecule has 3 heterocycles. The number of fused-ring (bicyclic) bond motifs is 4. The number of carbonyl (C=O) groups excluding carboxylic acids is 2. The quantitative estimate of drug-likeness (QED) is 0.0855. The number of aliphatic imine (C=N–C) groups is 2. The van der Waals surface area contributed by atoms with Crippen molar-refractivity contribution in [3.05, 3.63) is 111 Å². The average molecular weight is 699 g/mol. The number of hydrogen-bond donors (Lipinski definition) is 0. The van der Waals surface area contributed by atoms with Gasteiger partial charge in [-0.15, -0.1) is 0 Å². The van der Waals surface area contributed by atoms with Crippen molar-refractivity contribution >= 4 is 36.1 Å². The van der Waals surface area contributed by atoms with E-state index < -0.39 is 0 Å². The Kier molecular flexibility index (Phi) is 10.4. The maximum absolute atomic E-state index is 13.7. The van der Waals surface area contributed by atoms with Crippen molar-refractivity contribution in [3.63, 3.8) is 0 Å². The normalized spacial score (nSPS) is 17.6. The van der Waals surface area contributed by atoms with Crippen LogP contribution in [0.1, 0.15) is 68.6 Å². The largest absolute Gasteiger partial charge is 0.493 e. The number of rotatable bonds is 12. The number of ether oxygens (including phenoxy) is 3. The Morgan fingerprint density at radius 1 is 0.808 bits per heavy atom. The fourth-order valence-corrected chi connectivity index (χ4v) is 7.36. The van der Waals surface area contributed by atoms with Crippen LogP contribution in [0, 0.1) is 20.8 Å². The highest BCUT2D eigenvalue weighted by atomic mass is 16.5. The van der Waals surface area contributed by atoms with Crippen molar-refractivity contribution in [2.75, 3.05) is 20.3 Å². The van der Waals surface area contributed by atoms with Crippen LogP contribution in [0.5, 0.6) is 17.2 Å². The first-order chi connectivity index (χ1) is 25.3. The van der Waals surface area contributed by atoms with E-state index in [9.17, 15) is 9.59 Å². The van der Waals surface area contributed by atoms with Crippen molar-refractivity contribution in [1.29, 1.82) is 0 Å². The summed E-state index contributed by atoms with van der Waals surface area (Å²) in [5.74, 6) is 1.88. The number of hydrogen-bond acceptors (Lipinski definition) is 7. The van der Waals surface area contributed by atoms with Crippen LogP contribution in [0.3, 0.4) is 0 Å². The van der Waals surface area contributed by atoms with Crippen LogP contribution in [0.4, 0.5) is 11.4 Å². The van der Waals surface area contributed by atoms with Crippen LogP contribution in [0.2, 0.25) is 0 Å². The minimum absolute atomic E-state index is 0.0443. The van der Waals surface area contributed by atoms with Gasteiger partial charge in [0.2, 0.25) is 6.41 Å². The number of carbonyl (C=O) groups is 2. The summed E-state index contributed by atoms with van der Waals surface area (Å²) in [6.07, 6.45) is 8.81. The predicted octanol–water partition coefficient (Wildman–Crippen LogP) is 7.82. The number of benzene rings is 4. The van der Waals surface area contributed by atoms with Gasteiger partial charge in [-0.1, -0.05) is 54.1 Å². The summed E-state index contributed by atoms with van der Waals surface area (Å²) in [6.45, 7) is 8.40. The lowest BCUT2D eigenvalue weighted by Gasteiger charge is -2.34. The van der Waals surface area contributed by atoms with Crippen LogP contribution in [0.25, 0.3) is 0 Å². The van der Waals surface area contributed by atoms with Crippen LogP contribution in [0.15, 0.2) is 76.7 Å². The highest BCUT2D eigenvalue weighted by Crippen LogP contribution is 2.39. The molecule has 0 aromatic heterocycles. The summed E-state index contributed by atoms with van der Waals surface area (Å²) < 4.78 is 18.0. The Balaban J connectivity index is 0.914. The van der Waals surface area contributed by atoms with Gasteiger partial charge in [0.15, 0.2) is 11.5 Å².